The Morgan fingerprint density at radius 1 is 0.848 bits per heavy atom. The van der Waals surface area contributed by atoms with Gasteiger partial charge in [0.2, 0.25) is 15.9 Å². The van der Waals surface area contributed by atoms with Crippen molar-refractivity contribution in [2.45, 2.75) is 44.6 Å². The molecule has 1 saturated heterocycles. The first kappa shape index (κ1) is 24.9. The molecule has 33 heavy (non-hydrogen) atoms. The fourth-order valence-corrected chi connectivity index (χ4v) is 5.27. The van der Waals surface area contributed by atoms with Gasteiger partial charge in [-0.3, -0.25) is 9.59 Å². The summed E-state index contributed by atoms with van der Waals surface area (Å²) in [7, 11) is -3.62. The summed E-state index contributed by atoms with van der Waals surface area (Å²) in [5.74, 6) is -0.264. The SMILES string of the molecule is CC(C)c1ccc(S(=O)(=O)N2CCN(C(=O)[C@@H](NC(=O)c3ccccc3)C(C)C)CC2)cc1. The van der Waals surface area contributed by atoms with Gasteiger partial charge in [-0.2, -0.15) is 4.31 Å². The molecule has 8 heteroatoms. The highest BCUT2D eigenvalue weighted by Crippen LogP contribution is 2.22. The van der Waals surface area contributed by atoms with Gasteiger partial charge in [0.25, 0.3) is 5.91 Å². The maximum Gasteiger partial charge on any atom is 0.251 e. The van der Waals surface area contributed by atoms with Crippen LogP contribution in [0.5, 0.6) is 0 Å². The van der Waals surface area contributed by atoms with Crippen molar-refractivity contribution in [3.63, 3.8) is 0 Å². The molecule has 2 aromatic carbocycles. The van der Waals surface area contributed by atoms with E-state index in [1.807, 2.05) is 32.0 Å². The number of rotatable bonds is 7. The molecular weight excluding hydrogens is 438 g/mol. The topological polar surface area (TPSA) is 86.8 Å². The number of carbonyl (C=O) groups excluding carboxylic acids is 2. The van der Waals surface area contributed by atoms with Gasteiger partial charge >= 0.3 is 0 Å². The van der Waals surface area contributed by atoms with Crippen molar-refractivity contribution >= 4 is 21.8 Å². The molecule has 1 N–H and O–H groups in total. The highest BCUT2D eigenvalue weighted by Gasteiger charge is 2.34. The van der Waals surface area contributed by atoms with E-state index < -0.39 is 16.1 Å². The number of hydrogen-bond acceptors (Lipinski definition) is 4. The fraction of sp³-hybridized carbons (Fsp3) is 0.440. The lowest BCUT2D eigenvalue weighted by atomic mass is 10.0. The van der Waals surface area contributed by atoms with Gasteiger partial charge < -0.3 is 10.2 Å². The molecule has 1 fully saturated rings. The zero-order valence-corrected chi connectivity index (χ0v) is 20.5. The van der Waals surface area contributed by atoms with Gasteiger partial charge in [-0.05, 0) is 41.7 Å². The summed E-state index contributed by atoms with van der Waals surface area (Å²) in [6, 6.07) is 15.1. The predicted octanol–water partition coefficient (Wildman–Crippen LogP) is 3.10. The molecule has 1 atom stereocenters. The minimum atomic E-state index is -3.62. The van der Waals surface area contributed by atoms with Crippen LogP contribution in [0.15, 0.2) is 59.5 Å². The summed E-state index contributed by atoms with van der Waals surface area (Å²) in [6.45, 7) is 8.90. The van der Waals surface area contributed by atoms with Crippen molar-refractivity contribution in [1.82, 2.24) is 14.5 Å². The van der Waals surface area contributed by atoms with E-state index in [-0.39, 0.29) is 48.8 Å². The maximum atomic E-state index is 13.2. The van der Waals surface area contributed by atoms with Gasteiger partial charge in [0.15, 0.2) is 0 Å². The lowest BCUT2D eigenvalue weighted by Gasteiger charge is -2.36. The molecular formula is C25H33N3O4S. The molecule has 0 aliphatic carbocycles. The van der Waals surface area contributed by atoms with Crippen molar-refractivity contribution in [2.24, 2.45) is 5.92 Å². The van der Waals surface area contributed by atoms with Crippen LogP contribution in [0.4, 0.5) is 0 Å². The smallest absolute Gasteiger partial charge is 0.251 e. The third kappa shape index (κ3) is 5.81. The number of hydrogen-bond donors (Lipinski definition) is 1. The van der Waals surface area contributed by atoms with E-state index in [1.54, 1.807) is 41.3 Å². The first-order valence-electron chi connectivity index (χ1n) is 11.4. The molecule has 0 aromatic heterocycles. The fourth-order valence-electron chi connectivity index (χ4n) is 3.85. The largest absolute Gasteiger partial charge is 0.340 e. The molecule has 0 saturated carbocycles. The average molecular weight is 472 g/mol. The third-order valence-corrected chi connectivity index (χ3v) is 7.90. The molecule has 0 spiro atoms. The molecule has 0 bridgehead atoms. The Bertz CT molecular complexity index is 1060. The first-order chi connectivity index (χ1) is 15.6. The van der Waals surface area contributed by atoms with Gasteiger partial charge in [-0.1, -0.05) is 58.0 Å². The molecule has 178 valence electrons. The van der Waals surface area contributed by atoms with E-state index in [0.717, 1.165) is 5.56 Å². The van der Waals surface area contributed by atoms with Gasteiger partial charge in [0.05, 0.1) is 4.90 Å². The zero-order chi connectivity index (χ0) is 24.2. The summed E-state index contributed by atoms with van der Waals surface area (Å²) in [5.41, 5.74) is 1.58. The first-order valence-corrected chi connectivity index (χ1v) is 12.8. The summed E-state index contributed by atoms with van der Waals surface area (Å²) in [4.78, 5) is 27.7. The van der Waals surface area contributed by atoms with Crippen molar-refractivity contribution < 1.29 is 18.0 Å². The Hall–Kier alpha value is -2.71. The van der Waals surface area contributed by atoms with E-state index in [0.29, 0.717) is 11.5 Å². The molecule has 1 aliphatic heterocycles. The second-order valence-corrected chi connectivity index (χ2v) is 11.0. The molecule has 2 amide bonds. The van der Waals surface area contributed by atoms with Crippen molar-refractivity contribution in [2.75, 3.05) is 26.2 Å². The number of amides is 2. The molecule has 0 radical (unpaired) electrons. The van der Waals surface area contributed by atoms with Crippen LogP contribution in [0.2, 0.25) is 0 Å². The number of sulfonamides is 1. The minimum absolute atomic E-state index is 0.105. The molecule has 0 unspecified atom stereocenters. The Labute approximate surface area is 196 Å². The zero-order valence-electron chi connectivity index (χ0n) is 19.7. The predicted molar refractivity (Wildman–Crippen MR) is 128 cm³/mol. The van der Waals surface area contributed by atoms with Gasteiger partial charge in [-0.15, -0.1) is 0 Å². The molecule has 7 nitrogen and oxygen atoms in total. The van der Waals surface area contributed by atoms with E-state index in [2.05, 4.69) is 19.2 Å². The Balaban J connectivity index is 1.64. The van der Waals surface area contributed by atoms with Crippen LogP contribution in [0.1, 0.15) is 49.5 Å². The Morgan fingerprint density at radius 2 is 1.42 bits per heavy atom. The Morgan fingerprint density at radius 3 is 1.94 bits per heavy atom. The summed E-state index contributed by atoms with van der Waals surface area (Å²) >= 11 is 0. The lowest BCUT2D eigenvalue weighted by molar-refractivity contribution is -0.135. The lowest BCUT2D eigenvalue weighted by Crippen LogP contribution is -2.57. The van der Waals surface area contributed by atoms with E-state index in [4.69, 9.17) is 0 Å². The van der Waals surface area contributed by atoms with E-state index in [9.17, 15) is 18.0 Å². The van der Waals surface area contributed by atoms with Crippen LogP contribution in [0, 0.1) is 5.92 Å². The van der Waals surface area contributed by atoms with Crippen LogP contribution >= 0.6 is 0 Å². The molecule has 3 rings (SSSR count). The standard InChI is InChI=1S/C25H33N3O4S/c1-18(2)20-10-12-22(13-11-20)33(31,32)28-16-14-27(15-17-28)25(30)23(19(3)4)26-24(29)21-8-6-5-7-9-21/h5-13,18-19,23H,14-17H2,1-4H3,(H,26,29)/t23-/m0/s1. The van der Waals surface area contributed by atoms with E-state index >= 15 is 0 Å². The second kappa shape index (κ2) is 10.5. The summed E-state index contributed by atoms with van der Waals surface area (Å²) in [6.07, 6.45) is 0. The minimum Gasteiger partial charge on any atom is -0.340 e. The Kier molecular flexibility index (Phi) is 7.92. The van der Waals surface area contributed by atoms with Crippen LogP contribution < -0.4 is 5.32 Å². The van der Waals surface area contributed by atoms with Crippen LogP contribution in [0.25, 0.3) is 0 Å². The summed E-state index contributed by atoms with van der Waals surface area (Å²) in [5, 5.41) is 2.85. The third-order valence-electron chi connectivity index (χ3n) is 5.99. The highest BCUT2D eigenvalue weighted by atomic mass is 32.2. The number of piperazine rings is 1. The normalized spacial score (nSPS) is 16.1. The maximum absolute atomic E-state index is 13.2. The van der Waals surface area contributed by atoms with Crippen LogP contribution in [-0.2, 0) is 14.8 Å². The van der Waals surface area contributed by atoms with E-state index in [1.165, 1.54) is 4.31 Å². The molecule has 1 heterocycles. The van der Waals surface area contributed by atoms with Gasteiger partial charge in [-0.25, -0.2) is 8.42 Å². The quantitative estimate of drug-likeness (QED) is 0.672. The molecule has 1 aliphatic rings. The van der Waals surface area contributed by atoms with Crippen LogP contribution in [-0.4, -0.2) is 61.7 Å². The average Bonchev–Trinajstić information content (AvgIpc) is 2.82. The second-order valence-electron chi connectivity index (χ2n) is 9.01. The highest BCUT2D eigenvalue weighted by molar-refractivity contribution is 7.89. The van der Waals surface area contributed by atoms with Gasteiger partial charge in [0, 0.05) is 31.7 Å². The molecule has 2 aromatic rings. The van der Waals surface area contributed by atoms with Crippen molar-refractivity contribution in [3.8, 4) is 0 Å². The summed E-state index contributed by atoms with van der Waals surface area (Å²) < 4.78 is 27.5. The van der Waals surface area contributed by atoms with Gasteiger partial charge in [0.1, 0.15) is 6.04 Å². The van der Waals surface area contributed by atoms with Crippen molar-refractivity contribution in [1.29, 1.82) is 0 Å². The number of nitrogens with zero attached hydrogens (tertiary/aromatic N) is 2. The number of nitrogens with one attached hydrogen (secondary N) is 1. The number of carbonyl (C=O) groups is 2. The number of benzene rings is 2. The monoisotopic (exact) mass is 471 g/mol. The van der Waals surface area contributed by atoms with Crippen molar-refractivity contribution in [3.05, 3.63) is 65.7 Å². The van der Waals surface area contributed by atoms with Crippen LogP contribution in [0.3, 0.4) is 0 Å².